The highest BCUT2D eigenvalue weighted by molar-refractivity contribution is 8.05. The van der Waals surface area contributed by atoms with Crippen molar-refractivity contribution < 1.29 is 38.5 Å². The highest BCUT2D eigenvalue weighted by Gasteiger charge is 2.57. The molecular weight excluding hydrogens is 654 g/mol. The molecule has 2 N–H and O–H groups in total. The molecule has 0 aliphatic carbocycles. The Morgan fingerprint density at radius 2 is 1.57 bits per heavy atom. The summed E-state index contributed by atoms with van der Waals surface area (Å²) in [6.07, 6.45) is 1.20. The van der Waals surface area contributed by atoms with Crippen LogP contribution in [-0.2, 0) is 37.1 Å². The predicted octanol–water partition coefficient (Wildman–Crippen LogP) is 4.38. The average molecular weight is 686 g/mol. The largest absolute Gasteiger partial charge is 0.456 e. The van der Waals surface area contributed by atoms with Crippen molar-refractivity contribution in [2.45, 2.75) is 44.8 Å². The van der Waals surface area contributed by atoms with E-state index in [1.165, 1.54) is 90.1 Å². The molecule has 0 bridgehead atoms. The van der Waals surface area contributed by atoms with Gasteiger partial charge in [0.2, 0.25) is 11.8 Å². The number of benzene rings is 2. The summed E-state index contributed by atoms with van der Waals surface area (Å²) < 4.78 is 10.7. The first-order chi connectivity index (χ1) is 22.5. The first kappa shape index (κ1) is 35.0. The van der Waals surface area contributed by atoms with Crippen molar-refractivity contribution in [3.63, 3.8) is 0 Å². The number of amides is 3. The van der Waals surface area contributed by atoms with Crippen LogP contribution in [0.15, 0.2) is 70.7 Å². The van der Waals surface area contributed by atoms with E-state index in [2.05, 4.69) is 10.6 Å². The van der Waals surface area contributed by atoms with Crippen molar-refractivity contribution in [2.75, 3.05) is 12.3 Å². The molecule has 2 aliphatic rings. The van der Waals surface area contributed by atoms with Gasteiger partial charge in [-0.2, -0.15) is 11.8 Å². The number of hydrogen-bond donors (Lipinski definition) is 2. The van der Waals surface area contributed by atoms with Crippen molar-refractivity contribution in [2.24, 2.45) is 5.92 Å². The second kappa shape index (κ2) is 16.1. The predicted molar refractivity (Wildman–Crippen MR) is 172 cm³/mol. The van der Waals surface area contributed by atoms with E-state index in [0.717, 1.165) is 0 Å². The van der Waals surface area contributed by atoms with E-state index in [1.54, 1.807) is 5.41 Å². The van der Waals surface area contributed by atoms with Gasteiger partial charge in [0.25, 0.3) is 11.4 Å². The van der Waals surface area contributed by atoms with Crippen molar-refractivity contribution in [1.29, 1.82) is 0 Å². The van der Waals surface area contributed by atoms with Gasteiger partial charge in [0, 0.05) is 66.3 Å². The molecule has 1 fully saturated rings. The summed E-state index contributed by atoms with van der Waals surface area (Å²) in [4.78, 5) is 72.6. The molecule has 1 saturated heterocycles. The maximum Gasteiger partial charge on any atom is 0.407 e. The molecule has 2 aliphatic heterocycles. The number of fused-ring (bicyclic) bond motifs is 1. The molecular formula is C30H31N5O10S2. The van der Waals surface area contributed by atoms with Gasteiger partial charge in [-0.15, -0.1) is 0 Å². The van der Waals surface area contributed by atoms with Crippen molar-refractivity contribution in [3.05, 3.63) is 102 Å². The lowest BCUT2D eigenvalue weighted by molar-refractivity contribution is -0.385. The minimum atomic E-state index is -0.704. The van der Waals surface area contributed by atoms with Crippen molar-refractivity contribution in [3.8, 4) is 0 Å². The Morgan fingerprint density at radius 3 is 2.13 bits per heavy atom. The monoisotopic (exact) mass is 685 g/mol. The smallest absolute Gasteiger partial charge is 0.407 e. The molecule has 47 heavy (non-hydrogen) atoms. The van der Waals surface area contributed by atoms with Crippen LogP contribution in [0.1, 0.15) is 31.4 Å². The Morgan fingerprint density at radius 1 is 1.00 bits per heavy atom. The number of nitrogens with one attached hydrogen (secondary N) is 2. The summed E-state index contributed by atoms with van der Waals surface area (Å²) in [7, 11) is 0. The molecule has 2 heterocycles. The van der Waals surface area contributed by atoms with Gasteiger partial charge in [0.15, 0.2) is 0 Å². The zero-order valence-electron chi connectivity index (χ0n) is 25.3. The second-order valence-corrected chi connectivity index (χ2v) is 12.9. The second-order valence-electron chi connectivity index (χ2n) is 10.4. The Balaban J connectivity index is 1.29. The van der Waals surface area contributed by atoms with Gasteiger partial charge in [0.05, 0.1) is 21.8 Å². The van der Waals surface area contributed by atoms with E-state index in [0.29, 0.717) is 28.2 Å². The number of β-lactam (4-membered cyclic amide) rings is 1. The molecule has 0 saturated carbocycles. The number of carbonyl (C=O) groups is 4. The SMILES string of the molecule is CC(=O)N/C=C/SC1=C(C(=O)OCc2ccc([N+](=O)[O-])cc2)N2C(=O)[C@H](C(C)SCCNC(=O)OCc3ccc([N+](=O)[O-])cc3)[C@H]2C1. The summed E-state index contributed by atoms with van der Waals surface area (Å²) >= 11 is 2.69. The third-order valence-electron chi connectivity index (χ3n) is 7.22. The van der Waals surface area contributed by atoms with Gasteiger partial charge in [-0.25, -0.2) is 9.59 Å². The maximum absolute atomic E-state index is 13.4. The number of carbonyl (C=O) groups excluding carboxylic acids is 4. The van der Waals surface area contributed by atoms with Crippen molar-refractivity contribution in [1.82, 2.24) is 15.5 Å². The summed E-state index contributed by atoms with van der Waals surface area (Å²) in [5.74, 6) is -1.09. The average Bonchev–Trinajstić information content (AvgIpc) is 3.37. The van der Waals surface area contributed by atoms with Crippen LogP contribution in [-0.4, -0.2) is 62.2 Å². The van der Waals surface area contributed by atoms with E-state index in [9.17, 15) is 39.4 Å². The Bertz CT molecular complexity index is 1600. The van der Waals surface area contributed by atoms with Gasteiger partial charge < -0.3 is 25.0 Å². The van der Waals surface area contributed by atoms with Gasteiger partial charge in [0.1, 0.15) is 18.9 Å². The fourth-order valence-corrected chi connectivity index (χ4v) is 6.88. The number of nitrogens with zero attached hydrogens (tertiary/aromatic N) is 3. The molecule has 3 atom stereocenters. The third kappa shape index (κ3) is 9.10. The molecule has 0 radical (unpaired) electrons. The number of thioether (sulfide) groups is 2. The third-order valence-corrected chi connectivity index (χ3v) is 9.39. The number of esters is 1. The Hall–Kier alpha value is -4.90. The van der Waals surface area contributed by atoms with Crippen LogP contribution in [0.5, 0.6) is 0 Å². The molecule has 0 aromatic heterocycles. The van der Waals surface area contributed by atoms with Crippen LogP contribution in [0, 0.1) is 26.1 Å². The standard InChI is InChI=1S/C30H31N5O10S2/c1-18(46-13-12-32-30(39)45-17-21-5-9-23(10-6-21)35(42)43)26-24-15-25(47-14-11-31-19(2)36)27(33(24)28(26)37)29(38)44-16-20-3-7-22(8-4-20)34(40)41/h3-11,14,18,24,26H,12-13,15-17H2,1-2H3,(H,31,36)(H,32,39)/b14-11+/t18?,24-,26-/m1/s1. The summed E-state index contributed by atoms with van der Waals surface area (Å²) in [5.41, 5.74) is 1.12. The van der Waals surface area contributed by atoms with Crippen LogP contribution in [0.3, 0.4) is 0 Å². The Kier molecular flexibility index (Phi) is 12.0. The van der Waals surface area contributed by atoms with Gasteiger partial charge in [-0.3, -0.25) is 29.8 Å². The van der Waals surface area contributed by atoms with E-state index >= 15 is 0 Å². The van der Waals surface area contributed by atoms with Crippen LogP contribution >= 0.6 is 23.5 Å². The summed E-state index contributed by atoms with van der Waals surface area (Å²) in [6, 6.07) is 11.0. The molecule has 1 unspecified atom stereocenters. The number of non-ortho nitro benzene ring substituents is 2. The minimum absolute atomic E-state index is 0.0482. The molecule has 0 spiro atoms. The number of rotatable bonds is 15. The van der Waals surface area contributed by atoms with Gasteiger partial charge >= 0.3 is 12.1 Å². The lowest BCUT2D eigenvalue weighted by Crippen LogP contribution is -2.61. The number of alkyl carbamates (subject to hydrolysis) is 1. The fraction of sp³-hybridized carbons (Fsp3) is 0.333. The molecule has 2 aromatic carbocycles. The zero-order valence-corrected chi connectivity index (χ0v) is 26.9. The summed E-state index contributed by atoms with van der Waals surface area (Å²) in [6.45, 7) is 3.35. The van der Waals surface area contributed by atoms with E-state index < -0.39 is 21.9 Å². The number of nitro benzene ring substituents is 2. The molecule has 17 heteroatoms. The number of ether oxygens (including phenoxy) is 2. The van der Waals surface area contributed by atoms with Crippen LogP contribution in [0.25, 0.3) is 0 Å². The van der Waals surface area contributed by atoms with Crippen molar-refractivity contribution >= 4 is 58.8 Å². The number of nitro groups is 2. The highest BCUT2D eigenvalue weighted by Crippen LogP contribution is 2.49. The van der Waals surface area contributed by atoms with Gasteiger partial charge in [-0.05, 0) is 40.8 Å². The normalized spacial score (nSPS) is 17.5. The lowest BCUT2D eigenvalue weighted by atomic mass is 9.85. The fourth-order valence-electron chi connectivity index (χ4n) is 4.93. The van der Waals surface area contributed by atoms with Crippen LogP contribution in [0.4, 0.5) is 16.2 Å². The van der Waals surface area contributed by atoms with E-state index in [4.69, 9.17) is 9.47 Å². The molecule has 3 amide bonds. The van der Waals surface area contributed by atoms with Crippen LogP contribution < -0.4 is 10.6 Å². The van der Waals surface area contributed by atoms with E-state index in [1.807, 2.05) is 6.92 Å². The zero-order chi connectivity index (χ0) is 34.1. The lowest BCUT2D eigenvalue weighted by Gasteiger charge is -2.46. The van der Waals surface area contributed by atoms with E-state index in [-0.39, 0.29) is 65.9 Å². The molecule has 15 nitrogen and oxygen atoms in total. The highest BCUT2D eigenvalue weighted by atomic mass is 32.2. The first-order valence-corrected chi connectivity index (χ1v) is 16.2. The quantitative estimate of drug-likeness (QED) is 0.0883. The summed E-state index contributed by atoms with van der Waals surface area (Å²) in [5, 5.41) is 28.3. The first-order valence-electron chi connectivity index (χ1n) is 14.3. The topological polar surface area (TPSA) is 200 Å². The molecule has 248 valence electrons. The molecule has 2 aromatic rings. The Labute approximate surface area is 277 Å². The maximum atomic E-state index is 13.4. The van der Waals surface area contributed by atoms with Crippen LogP contribution in [0.2, 0.25) is 0 Å². The molecule has 4 rings (SSSR count). The minimum Gasteiger partial charge on any atom is -0.456 e. The number of hydrogen-bond acceptors (Lipinski definition) is 12. The van der Waals surface area contributed by atoms with Gasteiger partial charge in [-0.1, -0.05) is 18.7 Å².